The van der Waals surface area contributed by atoms with Gasteiger partial charge in [-0.3, -0.25) is 9.59 Å². The molecule has 0 spiro atoms. The molecule has 1 amide bonds. The second-order valence-corrected chi connectivity index (χ2v) is 4.96. The molecule has 0 aliphatic carbocycles. The quantitative estimate of drug-likeness (QED) is 0.898. The Labute approximate surface area is 121 Å². The van der Waals surface area contributed by atoms with E-state index in [0.29, 0.717) is 11.3 Å². The minimum Gasteiger partial charge on any atom is -0.355 e. The van der Waals surface area contributed by atoms with Crippen molar-refractivity contribution < 1.29 is 4.79 Å². The molecule has 0 atom stereocenters. The minimum absolute atomic E-state index is 0.298. The number of anilines is 2. The number of H-pyrrole nitrogens is 1. The van der Waals surface area contributed by atoms with E-state index < -0.39 is 0 Å². The van der Waals surface area contributed by atoms with Gasteiger partial charge in [-0.15, -0.1) is 0 Å². The molecule has 1 saturated heterocycles. The first-order valence-electron chi connectivity index (χ1n) is 6.94. The number of pyridine rings is 2. The van der Waals surface area contributed by atoms with Crippen LogP contribution in [0.3, 0.4) is 0 Å². The lowest BCUT2D eigenvalue weighted by atomic mass is 10.2. The van der Waals surface area contributed by atoms with Crippen molar-refractivity contribution in [3.63, 3.8) is 0 Å². The maximum absolute atomic E-state index is 12.2. The smallest absolute Gasteiger partial charge is 0.256 e. The number of nitrogens with zero attached hydrogens (tertiary/aromatic N) is 2. The van der Waals surface area contributed by atoms with Gasteiger partial charge < -0.3 is 15.2 Å². The Bertz CT molecular complexity index is 705. The largest absolute Gasteiger partial charge is 0.355 e. The summed E-state index contributed by atoms with van der Waals surface area (Å²) < 4.78 is 0. The van der Waals surface area contributed by atoms with Crippen LogP contribution in [-0.2, 0) is 0 Å². The fourth-order valence-corrected chi connectivity index (χ4v) is 2.46. The van der Waals surface area contributed by atoms with E-state index in [1.54, 1.807) is 18.3 Å². The number of hydrogen-bond acceptors (Lipinski definition) is 4. The van der Waals surface area contributed by atoms with E-state index >= 15 is 0 Å². The first-order valence-corrected chi connectivity index (χ1v) is 6.94. The van der Waals surface area contributed by atoms with Crippen LogP contribution in [0.15, 0.2) is 41.5 Å². The summed E-state index contributed by atoms with van der Waals surface area (Å²) in [5, 5.41) is 2.84. The highest BCUT2D eigenvalue weighted by atomic mass is 16.2. The molecule has 6 nitrogen and oxygen atoms in total. The van der Waals surface area contributed by atoms with E-state index in [2.05, 4.69) is 20.2 Å². The first-order chi connectivity index (χ1) is 10.2. The van der Waals surface area contributed by atoms with Crippen LogP contribution in [0.25, 0.3) is 0 Å². The molecule has 0 bridgehead atoms. The highest BCUT2D eigenvalue weighted by molar-refractivity contribution is 6.05. The number of nitrogens with one attached hydrogen (secondary N) is 2. The van der Waals surface area contributed by atoms with Gasteiger partial charge in [0.25, 0.3) is 5.91 Å². The van der Waals surface area contributed by atoms with Crippen molar-refractivity contribution in [3.05, 3.63) is 52.6 Å². The van der Waals surface area contributed by atoms with Crippen LogP contribution < -0.4 is 15.8 Å². The Hall–Kier alpha value is -2.63. The van der Waals surface area contributed by atoms with E-state index in [9.17, 15) is 9.59 Å². The number of amides is 1. The molecule has 0 radical (unpaired) electrons. The van der Waals surface area contributed by atoms with Crippen LogP contribution in [0.4, 0.5) is 11.5 Å². The lowest BCUT2D eigenvalue weighted by molar-refractivity contribution is 0.102. The van der Waals surface area contributed by atoms with Crippen molar-refractivity contribution in [1.82, 2.24) is 9.97 Å². The van der Waals surface area contributed by atoms with Gasteiger partial charge in [-0.1, -0.05) is 0 Å². The molecule has 2 N–H and O–H groups in total. The van der Waals surface area contributed by atoms with E-state index in [4.69, 9.17) is 0 Å². The van der Waals surface area contributed by atoms with Crippen LogP contribution in [0.1, 0.15) is 23.2 Å². The summed E-state index contributed by atoms with van der Waals surface area (Å²) in [5.74, 6) is 0.475. The van der Waals surface area contributed by atoms with Crippen LogP contribution in [0.2, 0.25) is 0 Å². The van der Waals surface area contributed by atoms with Gasteiger partial charge >= 0.3 is 0 Å². The second kappa shape index (κ2) is 5.78. The zero-order valence-corrected chi connectivity index (χ0v) is 11.5. The molecular weight excluding hydrogens is 268 g/mol. The van der Waals surface area contributed by atoms with Crippen LogP contribution in [-0.4, -0.2) is 29.0 Å². The molecule has 3 heterocycles. The van der Waals surface area contributed by atoms with Gasteiger partial charge in [-0.2, -0.15) is 0 Å². The van der Waals surface area contributed by atoms with Gasteiger partial charge in [0.05, 0.1) is 5.69 Å². The fraction of sp³-hybridized carbons (Fsp3) is 0.267. The normalized spacial score (nSPS) is 14.2. The number of aromatic nitrogens is 2. The molecule has 3 rings (SSSR count). The second-order valence-electron chi connectivity index (χ2n) is 4.96. The summed E-state index contributed by atoms with van der Waals surface area (Å²) in [6, 6.07) is 6.46. The van der Waals surface area contributed by atoms with Gasteiger partial charge in [0, 0.05) is 37.1 Å². The van der Waals surface area contributed by atoms with Gasteiger partial charge in [0.2, 0.25) is 5.56 Å². The van der Waals surface area contributed by atoms with E-state index in [1.807, 2.05) is 6.07 Å². The summed E-state index contributed by atoms with van der Waals surface area (Å²) in [4.78, 5) is 32.5. The monoisotopic (exact) mass is 284 g/mol. The molecule has 0 unspecified atom stereocenters. The Balaban J connectivity index is 1.84. The summed E-state index contributed by atoms with van der Waals surface area (Å²) >= 11 is 0. The van der Waals surface area contributed by atoms with E-state index in [-0.39, 0.29) is 11.5 Å². The molecule has 1 fully saturated rings. The molecule has 0 saturated carbocycles. The third kappa shape index (κ3) is 2.94. The number of aromatic amines is 1. The van der Waals surface area contributed by atoms with Gasteiger partial charge in [-0.05, 0) is 31.0 Å². The number of rotatable bonds is 3. The standard InChI is InChI=1S/C15H16N4O2/c20-13-10-11(5-7-16-13)15(21)18-12-4-3-6-17-14(12)19-8-1-2-9-19/h3-7,10H,1-2,8-9H2,(H,16,20)(H,18,21). The lowest BCUT2D eigenvalue weighted by Gasteiger charge is -2.19. The lowest BCUT2D eigenvalue weighted by Crippen LogP contribution is -2.22. The fourth-order valence-electron chi connectivity index (χ4n) is 2.46. The maximum atomic E-state index is 12.2. The predicted molar refractivity (Wildman–Crippen MR) is 80.7 cm³/mol. The van der Waals surface area contributed by atoms with Crippen LogP contribution in [0.5, 0.6) is 0 Å². The Kier molecular flexibility index (Phi) is 3.68. The third-order valence-corrected chi connectivity index (χ3v) is 3.48. The summed E-state index contributed by atoms with van der Waals surface area (Å²) in [6.07, 6.45) is 5.45. The minimum atomic E-state index is -0.311. The zero-order chi connectivity index (χ0) is 14.7. The van der Waals surface area contributed by atoms with Crippen LogP contribution in [0, 0.1) is 0 Å². The Morgan fingerprint density at radius 1 is 1.29 bits per heavy atom. The van der Waals surface area contributed by atoms with Crippen molar-refractivity contribution in [1.29, 1.82) is 0 Å². The molecule has 2 aromatic rings. The van der Waals surface area contributed by atoms with Gasteiger partial charge in [0.15, 0.2) is 5.82 Å². The molecule has 1 aliphatic rings. The molecular formula is C15H16N4O2. The highest BCUT2D eigenvalue weighted by Gasteiger charge is 2.18. The average molecular weight is 284 g/mol. The molecule has 1 aliphatic heterocycles. The summed E-state index contributed by atoms with van der Waals surface area (Å²) in [7, 11) is 0. The van der Waals surface area contributed by atoms with E-state index in [1.165, 1.54) is 12.3 Å². The van der Waals surface area contributed by atoms with Crippen LogP contribution >= 0.6 is 0 Å². The first kappa shape index (κ1) is 13.4. The molecule has 21 heavy (non-hydrogen) atoms. The van der Waals surface area contributed by atoms with Crippen molar-refractivity contribution in [3.8, 4) is 0 Å². The third-order valence-electron chi connectivity index (χ3n) is 3.48. The Morgan fingerprint density at radius 2 is 2.10 bits per heavy atom. The summed E-state index contributed by atoms with van der Waals surface area (Å²) in [5.41, 5.74) is 0.702. The average Bonchev–Trinajstić information content (AvgIpc) is 3.02. The Morgan fingerprint density at radius 3 is 2.86 bits per heavy atom. The number of hydrogen-bond donors (Lipinski definition) is 2. The maximum Gasteiger partial charge on any atom is 0.256 e. The highest BCUT2D eigenvalue weighted by Crippen LogP contribution is 2.26. The van der Waals surface area contributed by atoms with Gasteiger partial charge in [0.1, 0.15) is 0 Å². The van der Waals surface area contributed by atoms with Crippen molar-refractivity contribution in [2.24, 2.45) is 0 Å². The molecule has 6 heteroatoms. The van der Waals surface area contributed by atoms with Crippen molar-refractivity contribution >= 4 is 17.4 Å². The number of carbonyl (C=O) groups excluding carboxylic acids is 1. The molecule has 108 valence electrons. The van der Waals surface area contributed by atoms with Crippen molar-refractivity contribution in [2.75, 3.05) is 23.3 Å². The number of carbonyl (C=O) groups is 1. The molecule has 0 aromatic carbocycles. The summed E-state index contributed by atoms with van der Waals surface area (Å²) in [6.45, 7) is 1.90. The SMILES string of the molecule is O=C(Nc1cccnc1N1CCCC1)c1cc[nH]c(=O)c1. The molecule has 2 aromatic heterocycles. The zero-order valence-electron chi connectivity index (χ0n) is 11.5. The van der Waals surface area contributed by atoms with E-state index in [0.717, 1.165) is 31.7 Å². The predicted octanol–water partition coefficient (Wildman–Crippen LogP) is 1.62. The topological polar surface area (TPSA) is 78.1 Å². The van der Waals surface area contributed by atoms with Gasteiger partial charge in [-0.25, -0.2) is 4.98 Å². The van der Waals surface area contributed by atoms with Crippen molar-refractivity contribution in [2.45, 2.75) is 12.8 Å².